The molecule has 0 saturated carbocycles. The maximum absolute atomic E-state index is 13.2. The molecule has 1 atom stereocenters. The summed E-state index contributed by atoms with van der Waals surface area (Å²) in [4.78, 5) is 45.4. The summed E-state index contributed by atoms with van der Waals surface area (Å²) in [6.07, 6.45) is -4.86. The minimum atomic E-state index is -5.10. The van der Waals surface area contributed by atoms with Crippen LogP contribution in [-0.2, 0) is 17.4 Å². The van der Waals surface area contributed by atoms with Gasteiger partial charge in [-0.05, 0) is 29.8 Å². The third kappa shape index (κ3) is 6.79. The molecule has 0 unspecified atom stereocenters. The zero-order chi connectivity index (χ0) is 26.6. The second kappa shape index (κ2) is 10.7. The van der Waals surface area contributed by atoms with Crippen molar-refractivity contribution in [2.45, 2.75) is 18.6 Å². The van der Waals surface area contributed by atoms with Crippen LogP contribution in [0.4, 0.5) is 24.8 Å². The molecular weight excluding hydrogens is 530 g/mol. The van der Waals surface area contributed by atoms with E-state index in [-0.39, 0.29) is 22.3 Å². The first kappa shape index (κ1) is 26.6. The van der Waals surface area contributed by atoms with Gasteiger partial charge in [0.2, 0.25) is 5.95 Å². The van der Waals surface area contributed by atoms with Crippen LogP contribution in [0.2, 0.25) is 10.3 Å². The number of carboxylic acid groups (broad SMARTS) is 2. The fraction of sp³-hybridized carbons (Fsp3) is 0.143. The minimum Gasteiger partial charge on any atom is -0.480 e. The van der Waals surface area contributed by atoms with Gasteiger partial charge in [-0.15, -0.1) is 0 Å². The Hall–Kier alpha value is -3.97. The molecule has 0 aliphatic rings. The summed E-state index contributed by atoms with van der Waals surface area (Å²) >= 11 is 11.6. The number of rotatable bonds is 8. The molecule has 0 radical (unpaired) electrons. The molecule has 0 fully saturated rings. The van der Waals surface area contributed by atoms with E-state index in [1.165, 1.54) is 36.4 Å². The van der Waals surface area contributed by atoms with E-state index in [1.54, 1.807) is 0 Å². The van der Waals surface area contributed by atoms with E-state index in [0.29, 0.717) is 17.4 Å². The Bertz CT molecular complexity index is 1300. The first-order chi connectivity index (χ1) is 16.8. The molecule has 0 aliphatic carbocycles. The Morgan fingerprint density at radius 2 is 1.61 bits per heavy atom. The molecule has 1 aromatic carbocycles. The van der Waals surface area contributed by atoms with E-state index in [2.05, 4.69) is 25.6 Å². The van der Waals surface area contributed by atoms with Crippen LogP contribution in [0.3, 0.4) is 0 Å². The molecule has 36 heavy (non-hydrogen) atoms. The molecule has 10 nitrogen and oxygen atoms in total. The summed E-state index contributed by atoms with van der Waals surface area (Å²) in [6.45, 7) is 0. The number of nitrogens with zero attached hydrogens (tertiary/aromatic N) is 3. The van der Waals surface area contributed by atoms with Crippen LogP contribution in [0.1, 0.15) is 32.0 Å². The SMILES string of the molecule is O=C(Nc1ccc(C[C@H](Nc2ncc(C(=O)O)c(C(F)(F)F)n2)C(=O)O)cc1)c1cc(Cl)nc(Cl)c1. The van der Waals surface area contributed by atoms with Crippen molar-refractivity contribution in [3.63, 3.8) is 0 Å². The van der Waals surface area contributed by atoms with E-state index in [4.69, 9.17) is 28.3 Å². The lowest BCUT2D eigenvalue weighted by Crippen LogP contribution is -2.33. The van der Waals surface area contributed by atoms with Gasteiger partial charge in [0.25, 0.3) is 5.91 Å². The first-order valence-corrected chi connectivity index (χ1v) is 10.5. The summed E-state index contributed by atoms with van der Waals surface area (Å²) < 4.78 is 39.5. The summed E-state index contributed by atoms with van der Waals surface area (Å²) in [5.41, 5.74) is -1.93. The first-order valence-electron chi connectivity index (χ1n) is 9.73. The highest BCUT2D eigenvalue weighted by atomic mass is 35.5. The lowest BCUT2D eigenvalue weighted by atomic mass is 10.1. The number of amides is 1. The number of aliphatic carboxylic acids is 1. The highest BCUT2D eigenvalue weighted by molar-refractivity contribution is 6.33. The van der Waals surface area contributed by atoms with Gasteiger partial charge in [-0.3, -0.25) is 4.79 Å². The van der Waals surface area contributed by atoms with Crippen molar-refractivity contribution in [3.8, 4) is 0 Å². The standard InChI is InChI=1S/C21H14Cl2F3N5O5/c22-14-6-10(7-15(23)30-14)17(32)28-11-3-1-9(2-4-11)5-13(19(35)36)29-20-27-8-12(18(33)34)16(31-20)21(24,25)26/h1-4,6-8,13H,5H2,(H,28,32)(H,33,34)(H,35,36)(H,27,29,31)/t13-/m0/s1. The van der Waals surface area contributed by atoms with E-state index in [0.717, 1.165) is 0 Å². The van der Waals surface area contributed by atoms with Crippen molar-refractivity contribution in [1.82, 2.24) is 15.0 Å². The molecule has 0 spiro atoms. The van der Waals surface area contributed by atoms with Crippen LogP contribution in [0.5, 0.6) is 0 Å². The highest BCUT2D eigenvalue weighted by Crippen LogP contribution is 2.31. The quantitative estimate of drug-likeness (QED) is 0.305. The number of aromatic carboxylic acids is 1. The highest BCUT2D eigenvalue weighted by Gasteiger charge is 2.38. The van der Waals surface area contributed by atoms with Gasteiger partial charge >= 0.3 is 18.1 Å². The van der Waals surface area contributed by atoms with Gasteiger partial charge in [0.15, 0.2) is 5.69 Å². The van der Waals surface area contributed by atoms with Gasteiger partial charge in [-0.25, -0.2) is 24.5 Å². The van der Waals surface area contributed by atoms with Crippen LogP contribution in [-0.4, -0.2) is 49.1 Å². The van der Waals surface area contributed by atoms with Crippen molar-refractivity contribution in [2.24, 2.45) is 0 Å². The number of anilines is 2. The fourth-order valence-corrected chi connectivity index (χ4v) is 3.40. The Labute approximate surface area is 210 Å². The molecule has 0 bridgehead atoms. The molecule has 1 amide bonds. The van der Waals surface area contributed by atoms with Crippen LogP contribution in [0, 0.1) is 0 Å². The van der Waals surface area contributed by atoms with E-state index in [1.807, 2.05) is 0 Å². The maximum Gasteiger partial charge on any atom is 0.434 e. The molecule has 2 aromatic heterocycles. The largest absolute Gasteiger partial charge is 0.480 e. The molecule has 15 heteroatoms. The number of hydrogen-bond donors (Lipinski definition) is 4. The van der Waals surface area contributed by atoms with Gasteiger partial charge < -0.3 is 20.8 Å². The zero-order valence-electron chi connectivity index (χ0n) is 17.7. The molecule has 0 aliphatic heterocycles. The molecule has 2 heterocycles. The zero-order valence-corrected chi connectivity index (χ0v) is 19.2. The molecule has 4 N–H and O–H groups in total. The van der Waals surface area contributed by atoms with Crippen LogP contribution in [0.25, 0.3) is 0 Å². The monoisotopic (exact) mass is 543 g/mol. The number of carbonyl (C=O) groups is 3. The molecule has 0 saturated heterocycles. The van der Waals surface area contributed by atoms with Gasteiger partial charge in [0.1, 0.15) is 21.9 Å². The van der Waals surface area contributed by atoms with Gasteiger partial charge in [-0.2, -0.15) is 13.2 Å². The van der Waals surface area contributed by atoms with Crippen molar-refractivity contribution in [1.29, 1.82) is 0 Å². The average molecular weight is 544 g/mol. The van der Waals surface area contributed by atoms with Crippen molar-refractivity contribution >= 4 is 52.7 Å². The second-order valence-electron chi connectivity index (χ2n) is 7.15. The van der Waals surface area contributed by atoms with Crippen LogP contribution < -0.4 is 10.6 Å². The Balaban J connectivity index is 1.73. The molecule has 3 aromatic rings. The van der Waals surface area contributed by atoms with Crippen molar-refractivity contribution in [2.75, 3.05) is 10.6 Å². The third-order valence-corrected chi connectivity index (χ3v) is 4.95. The summed E-state index contributed by atoms with van der Waals surface area (Å²) in [6, 6.07) is 7.13. The number of pyridine rings is 1. The van der Waals surface area contributed by atoms with Crippen molar-refractivity contribution < 1.29 is 37.8 Å². The van der Waals surface area contributed by atoms with E-state index >= 15 is 0 Å². The van der Waals surface area contributed by atoms with E-state index < -0.39 is 47.3 Å². The molecule has 3 rings (SSSR count). The minimum absolute atomic E-state index is 0.0270. The van der Waals surface area contributed by atoms with Crippen molar-refractivity contribution in [3.05, 3.63) is 75.3 Å². The second-order valence-corrected chi connectivity index (χ2v) is 7.92. The summed E-state index contributed by atoms with van der Waals surface area (Å²) in [5.74, 6) is -4.54. The normalized spacial score (nSPS) is 12.0. The number of carbonyl (C=O) groups excluding carboxylic acids is 1. The Morgan fingerprint density at radius 3 is 2.14 bits per heavy atom. The van der Waals surface area contributed by atoms with E-state index in [9.17, 15) is 32.7 Å². The smallest absolute Gasteiger partial charge is 0.434 e. The number of aromatic nitrogens is 3. The average Bonchev–Trinajstić information content (AvgIpc) is 2.78. The number of alkyl halides is 3. The van der Waals surface area contributed by atoms with Crippen LogP contribution >= 0.6 is 23.2 Å². The number of carboxylic acids is 2. The number of benzene rings is 1. The van der Waals surface area contributed by atoms with Crippen LogP contribution in [0.15, 0.2) is 42.6 Å². The maximum atomic E-state index is 13.2. The Morgan fingerprint density at radius 1 is 1.00 bits per heavy atom. The lowest BCUT2D eigenvalue weighted by Gasteiger charge is -2.16. The summed E-state index contributed by atoms with van der Waals surface area (Å²) in [5, 5.41) is 23.3. The number of halogens is 5. The predicted molar refractivity (Wildman–Crippen MR) is 121 cm³/mol. The Kier molecular flexibility index (Phi) is 7.95. The van der Waals surface area contributed by atoms with Gasteiger partial charge in [0, 0.05) is 23.9 Å². The number of nitrogens with one attached hydrogen (secondary N) is 2. The topological polar surface area (TPSA) is 154 Å². The third-order valence-electron chi connectivity index (χ3n) is 4.57. The lowest BCUT2D eigenvalue weighted by molar-refractivity contribution is -0.141. The van der Waals surface area contributed by atoms with Gasteiger partial charge in [-0.1, -0.05) is 35.3 Å². The predicted octanol–water partition coefficient (Wildman–Crippen LogP) is 4.26. The summed E-state index contributed by atoms with van der Waals surface area (Å²) in [7, 11) is 0. The fourth-order valence-electron chi connectivity index (χ4n) is 2.94. The molecular formula is C21H14Cl2F3N5O5. The molecule has 188 valence electrons. The van der Waals surface area contributed by atoms with Gasteiger partial charge in [0.05, 0.1) is 0 Å². The number of hydrogen-bond acceptors (Lipinski definition) is 7.